The van der Waals surface area contributed by atoms with E-state index in [4.69, 9.17) is 0 Å². The minimum absolute atomic E-state index is 0.143. The molecule has 1 aromatic rings. The summed E-state index contributed by atoms with van der Waals surface area (Å²) >= 11 is 0. The lowest BCUT2D eigenvalue weighted by Gasteiger charge is -2.12. The fraction of sp³-hybridized carbons (Fsp3) is 0.375. The first-order valence-electron chi connectivity index (χ1n) is 6.41. The number of fused-ring (bicyclic) bond motifs is 1. The minimum atomic E-state index is -0.237. The zero-order valence-electron chi connectivity index (χ0n) is 11.1. The van der Waals surface area contributed by atoms with E-state index in [9.17, 15) is 4.39 Å². The van der Waals surface area contributed by atoms with Gasteiger partial charge in [-0.3, -0.25) is 4.39 Å². The quantitative estimate of drug-likeness (QED) is 0.854. The Morgan fingerprint density at radius 3 is 2.89 bits per heavy atom. The first kappa shape index (κ1) is 12.9. The van der Waals surface area contributed by atoms with Crippen LogP contribution in [0.4, 0.5) is 4.39 Å². The van der Waals surface area contributed by atoms with Crippen LogP contribution in [0, 0.1) is 5.92 Å². The first-order valence-corrected chi connectivity index (χ1v) is 6.41. The lowest BCUT2D eigenvalue weighted by molar-refractivity contribution is 0.373. The number of alkyl halides is 1. The Hall–Kier alpha value is -1.57. The number of nitrogens with one attached hydrogen (secondary N) is 1. The highest BCUT2D eigenvalue weighted by Gasteiger charge is 2.24. The third kappa shape index (κ3) is 2.33. The van der Waals surface area contributed by atoms with Crippen molar-refractivity contribution in [2.75, 3.05) is 13.7 Å². The van der Waals surface area contributed by atoms with E-state index in [2.05, 4.69) is 30.1 Å². The van der Waals surface area contributed by atoms with Gasteiger partial charge in [-0.05, 0) is 48.4 Å². The van der Waals surface area contributed by atoms with E-state index in [0.717, 1.165) is 24.1 Å². The number of hydrogen-bond acceptors (Lipinski definition) is 1. The highest BCUT2D eigenvalue weighted by molar-refractivity contribution is 5.70. The molecule has 0 amide bonds. The third-order valence-corrected chi connectivity index (χ3v) is 3.57. The summed E-state index contributed by atoms with van der Waals surface area (Å²) < 4.78 is 12.9. The van der Waals surface area contributed by atoms with Gasteiger partial charge in [0, 0.05) is 18.3 Å². The van der Waals surface area contributed by atoms with E-state index in [0.29, 0.717) is 0 Å². The molecule has 2 rings (SSSR count). The number of allylic oxidation sites excluding steroid dienone is 1. The summed E-state index contributed by atoms with van der Waals surface area (Å²) in [5.74, 6) is 0.143. The van der Waals surface area contributed by atoms with Gasteiger partial charge in [-0.1, -0.05) is 24.8 Å². The van der Waals surface area contributed by atoms with E-state index < -0.39 is 0 Å². The Morgan fingerprint density at radius 1 is 1.50 bits per heavy atom. The molecule has 0 bridgehead atoms. The maximum atomic E-state index is 12.9. The molecule has 96 valence electrons. The predicted octanol–water partition coefficient (Wildman–Crippen LogP) is 3.59. The first-order chi connectivity index (χ1) is 8.69. The molecule has 1 nitrogen and oxygen atoms in total. The molecule has 1 aromatic carbocycles. The van der Waals surface area contributed by atoms with E-state index in [-0.39, 0.29) is 12.6 Å². The van der Waals surface area contributed by atoms with Crippen LogP contribution in [0.2, 0.25) is 0 Å². The Bertz CT molecular complexity index is 488. The second kappa shape index (κ2) is 5.38. The lowest BCUT2D eigenvalue weighted by atomic mass is 9.97. The number of rotatable bonds is 4. The van der Waals surface area contributed by atoms with Crippen molar-refractivity contribution in [3.63, 3.8) is 0 Å². The van der Waals surface area contributed by atoms with Crippen molar-refractivity contribution in [1.29, 1.82) is 0 Å². The van der Waals surface area contributed by atoms with Gasteiger partial charge in [-0.2, -0.15) is 0 Å². The van der Waals surface area contributed by atoms with Crippen molar-refractivity contribution in [2.45, 2.75) is 19.8 Å². The molecule has 0 radical (unpaired) electrons. The monoisotopic (exact) mass is 245 g/mol. The zero-order chi connectivity index (χ0) is 13.1. The van der Waals surface area contributed by atoms with Gasteiger partial charge in [0.1, 0.15) is 0 Å². The lowest BCUT2D eigenvalue weighted by Crippen LogP contribution is -2.07. The summed E-state index contributed by atoms with van der Waals surface area (Å²) in [5, 5.41) is 3.10. The average Bonchev–Trinajstić information content (AvgIpc) is 2.80. The van der Waals surface area contributed by atoms with Gasteiger partial charge in [0.15, 0.2) is 0 Å². The van der Waals surface area contributed by atoms with Gasteiger partial charge in [0.2, 0.25) is 0 Å². The fourth-order valence-corrected chi connectivity index (χ4v) is 2.65. The molecule has 18 heavy (non-hydrogen) atoms. The second-order valence-electron chi connectivity index (χ2n) is 4.86. The summed E-state index contributed by atoms with van der Waals surface area (Å²) in [7, 11) is 1.87. The standard InChI is InChI=1S/C16H20FN/c1-4-5-12-6-14-7-13(10-17)9-16(14)15(8-12)11(2)18-3/h4-6,8,13,18H,2,7,9-10H2,1,3H3/b5-4+. The van der Waals surface area contributed by atoms with E-state index in [1.165, 1.54) is 16.7 Å². The summed E-state index contributed by atoms with van der Waals surface area (Å²) in [5.41, 5.74) is 5.77. The van der Waals surface area contributed by atoms with Gasteiger partial charge in [0.25, 0.3) is 0 Å². The largest absolute Gasteiger partial charge is 0.388 e. The highest BCUT2D eigenvalue weighted by Crippen LogP contribution is 2.33. The van der Waals surface area contributed by atoms with Crippen LogP contribution >= 0.6 is 0 Å². The summed E-state index contributed by atoms with van der Waals surface area (Å²) in [4.78, 5) is 0. The van der Waals surface area contributed by atoms with Crippen LogP contribution in [0.5, 0.6) is 0 Å². The number of hydrogen-bond donors (Lipinski definition) is 1. The molecule has 1 aliphatic carbocycles. The van der Waals surface area contributed by atoms with Crippen LogP contribution in [0.25, 0.3) is 11.8 Å². The molecule has 1 aliphatic rings. The smallest absolute Gasteiger partial charge is 0.0928 e. The van der Waals surface area contributed by atoms with Crippen LogP contribution in [0.15, 0.2) is 24.8 Å². The fourth-order valence-electron chi connectivity index (χ4n) is 2.65. The topological polar surface area (TPSA) is 12.0 Å². The number of halogens is 1. The van der Waals surface area contributed by atoms with Gasteiger partial charge in [-0.15, -0.1) is 0 Å². The van der Waals surface area contributed by atoms with Crippen molar-refractivity contribution in [1.82, 2.24) is 5.32 Å². The predicted molar refractivity (Wildman–Crippen MR) is 76.1 cm³/mol. The third-order valence-electron chi connectivity index (χ3n) is 3.57. The second-order valence-corrected chi connectivity index (χ2v) is 4.86. The molecular formula is C16H20FN. The van der Waals surface area contributed by atoms with Crippen molar-refractivity contribution in [2.24, 2.45) is 5.92 Å². The van der Waals surface area contributed by atoms with E-state index >= 15 is 0 Å². The maximum absolute atomic E-state index is 12.9. The molecule has 0 spiro atoms. The van der Waals surface area contributed by atoms with Crippen LogP contribution < -0.4 is 5.32 Å². The van der Waals surface area contributed by atoms with E-state index in [1.54, 1.807) is 0 Å². The number of benzene rings is 1. The van der Waals surface area contributed by atoms with Gasteiger partial charge >= 0.3 is 0 Å². The Labute approximate surface area is 108 Å². The Balaban J connectivity index is 2.48. The molecule has 2 heteroatoms. The molecule has 0 saturated carbocycles. The van der Waals surface area contributed by atoms with Crippen molar-refractivity contribution in [3.05, 3.63) is 47.0 Å². The minimum Gasteiger partial charge on any atom is -0.388 e. The summed E-state index contributed by atoms with van der Waals surface area (Å²) in [6.45, 7) is 5.81. The average molecular weight is 245 g/mol. The van der Waals surface area contributed by atoms with Gasteiger partial charge in [0.05, 0.1) is 6.67 Å². The Morgan fingerprint density at radius 2 is 2.28 bits per heavy atom. The molecule has 1 N–H and O–H groups in total. The van der Waals surface area contributed by atoms with Crippen LogP contribution in [0.1, 0.15) is 29.2 Å². The van der Waals surface area contributed by atoms with E-state index in [1.807, 2.05) is 20.0 Å². The molecule has 1 atom stereocenters. The molecule has 0 heterocycles. The van der Waals surface area contributed by atoms with Crippen molar-refractivity contribution >= 4 is 11.8 Å². The zero-order valence-corrected chi connectivity index (χ0v) is 11.1. The SMILES string of the molecule is C=C(NC)c1cc(/C=C/C)cc2c1CC(CF)C2. The van der Waals surface area contributed by atoms with Crippen LogP contribution in [0.3, 0.4) is 0 Å². The normalized spacial score (nSPS) is 18.1. The highest BCUT2D eigenvalue weighted by atomic mass is 19.1. The van der Waals surface area contributed by atoms with Crippen molar-refractivity contribution < 1.29 is 4.39 Å². The van der Waals surface area contributed by atoms with Crippen molar-refractivity contribution in [3.8, 4) is 0 Å². The maximum Gasteiger partial charge on any atom is 0.0928 e. The van der Waals surface area contributed by atoms with Gasteiger partial charge < -0.3 is 5.32 Å². The molecule has 0 aliphatic heterocycles. The molecule has 0 fully saturated rings. The summed E-state index contributed by atoms with van der Waals surface area (Å²) in [6.07, 6.45) is 5.78. The summed E-state index contributed by atoms with van der Waals surface area (Å²) in [6, 6.07) is 4.32. The van der Waals surface area contributed by atoms with Crippen LogP contribution in [-0.4, -0.2) is 13.7 Å². The molecule has 0 aromatic heterocycles. The molecule has 0 saturated heterocycles. The van der Waals surface area contributed by atoms with Crippen LogP contribution in [-0.2, 0) is 12.8 Å². The molecular weight excluding hydrogens is 225 g/mol. The molecule has 1 unspecified atom stereocenters. The van der Waals surface area contributed by atoms with Gasteiger partial charge in [-0.25, -0.2) is 0 Å². The Kier molecular flexibility index (Phi) is 3.85.